The fourth-order valence-electron chi connectivity index (χ4n) is 2.41. The van der Waals surface area contributed by atoms with E-state index in [-0.39, 0.29) is 6.03 Å². The smallest absolute Gasteiger partial charge is 0.319 e. The molecule has 9 heteroatoms. The van der Waals surface area contributed by atoms with Gasteiger partial charge in [0, 0.05) is 24.3 Å². The summed E-state index contributed by atoms with van der Waals surface area (Å²) in [7, 11) is 0. The Labute approximate surface area is 149 Å². The van der Waals surface area contributed by atoms with Crippen LogP contribution in [0.3, 0.4) is 0 Å². The Bertz CT molecular complexity index is 872. The van der Waals surface area contributed by atoms with Gasteiger partial charge in [0.05, 0.1) is 29.3 Å². The molecule has 0 radical (unpaired) electrons. The molecule has 3 heterocycles. The Hall–Kier alpha value is -2.81. The third kappa shape index (κ3) is 3.82. The number of carbonyl (C=O) groups is 1. The van der Waals surface area contributed by atoms with Crippen molar-refractivity contribution in [2.24, 2.45) is 0 Å². The van der Waals surface area contributed by atoms with Crippen LogP contribution < -0.4 is 10.6 Å². The minimum Gasteiger partial charge on any atom is -0.332 e. The van der Waals surface area contributed by atoms with Crippen molar-refractivity contribution >= 4 is 23.1 Å². The van der Waals surface area contributed by atoms with Crippen LogP contribution in [0, 0.1) is 13.8 Å². The maximum atomic E-state index is 12.2. The zero-order chi connectivity index (χ0) is 17.8. The second-order valence-corrected chi connectivity index (χ2v) is 6.24. The van der Waals surface area contributed by atoms with E-state index in [4.69, 9.17) is 0 Å². The van der Waals surface area contributed by atoms with E-state index >= 15 is 0 Å². The van der Waals surface area contributed by atoms with E-state index < -0.39 is 0 Å². The van der Waals surface area contributed by atoms with Crippen molar-refractivity contribution in [3.63, 3.8) is 0 Å². The van der Waals surface area contributed by atoms with Crippen molar-refractivity contribution in [2.75, 3.05) is 5.32 Å². The normalized spacial score (nSPS) is 10.7. The van der Waals surface area contributed by atoms with Crippen LogP contribution in [0.4, 0.5) is 10.5 Å². The molecule has 2 N–H and O–H groups in total. The maximum absolute atomic E-state index is 12.2. The van der Waals surface area contributed by atoms with Gasteiger partial charge in [-0.3, -0.25) is 4.68 Å². The molecule has 0 bridgehead atoms. The van der Waals surface area contributed by atoms with Crippen molar-refractivity contribution in [3.8, 4) is 10.8 Å². The number of aryl methyl sites for hydroxylation is 2. The van der Waals surface area contributed by atoms with Gasteiger partial charge < -0.3 is 10.6 Å². The predicted molar refractivity (Wildman–Crippen MR) is 96.4 cm³/mol. The molecule has 0 aromatic carbocycles. The molecule has 0 saturated carbocycles. The van der Waals surface area contributed by atoms with Crippen LogP contribution in [-0.2, 0) is 13.1 Å². The Morgan fingerprint density at radius 1 is 1.28 bits per heavy atom. The molecule has 0 saturated heterocycles. The first-order chi connectivity index (χ1) is 12.1. The molecule has 25 heavy (non-hydrogen) atoms. The number of rotatable bonds is 5. The quantitative estimate of drug-likeness (QED) is 0.732. The monoisotopic (exact) mass is 357 g/mol. The van der Waals surface area contributed by atoms with Crippen molar-refractivity contribution < 1.29 is 4.79 Å². The van der Waals surface area contributed by atoms with E-state index in [0.29, 0.717) is 12.4 Å². The fourth-order valence-corrected chi connectivity index (χ4v) is 3.18. The SMILES string of the molecule is CCn1nc(C)c(NC(=O)NCc2csc(-c3ncccn3)n2)c1C. The molecule has 130 valence electrons. The third-order valence-electron chi connectivity index (χ3n) is 3.66. The molecule has 0 fully saturated rings. The molecule has 0 aliphatic heterocycles. The number of thiazole rings is 1. The van der Waals surface area contributed by atoms with Crippen LogP contribution in [0.5, 0.6) is 0 Å². The Morgan fingerprint density at radius 2 is 2.04 bits per heavy atom. The Balaban J connectivity index is 1.60. The fraction of sp³-hybridized carbons (Fsp3) is 0.312. The number of aromatic nitrogens is 5. The molecule has 2 amide bonds. The molecule has 0 unspecified atom stereocenters. The number of hydrogen-bond donors (Lipinski definition) is 2. The Kier molecular flexibility index (Phi) is 5.03. The maximum Gasteiger partial charge on any atom is 0.319 e. The van der Waals surface area contributed by atoms with E-state index in [9.17, 15) is 4.79 Å². The van der Waals surface area contributed by atoms with Gasteiger partial charge >= 0.3 is 6.03 Å². The number of carbonyl (C=O) groups excluding carboxylic acids is 1. The topological polar surface area (TPSA) is 97.6 Å². The van der Waals surface area contributed by atoms with Crippen LogP contribution in [0.25, 0.3) is 10.8 Å². The van der Waals surface area contributed by atoms with Crippen LogP contribution in [0.15, 0.2) is 23.8 Å². The van der Waals surface area contributed by atoms with E-state index in [0.717, 1.165) is 34.3 Å². The predicted octanol–water partition coefficient (Wildman–Crippen LogP) is 2.76. The highest BCUT2D eigenvalue weighted by atomic mass is 32.1. The first-order valence-corrected chi connectivity index (χ1v) is 8.77. The molecule has 8 nitrogen and oxygen atoms in total. The second kappa shape index (κ2) is 7.39. The molecule has 0 aliphatic rings. The van der Waals surface area contributed by atoms with Crippen molar-refractivity contribution in [1.82, 2.24) is 30.0 Å². The standard InChI is InChI=1S/C16H19N7OS/c1-4-23-11(3)13(10(2)22-23)21-16(24)19-8-12-9-25-15(20-12)14-17-6-5-7-18-14/h5-7,9H,4,8H2,1-3H3,(H2,19,21,24). The van der Waals surface area contributed by atoms with Crippen LogP contribution in [0.1, 0.15) is 24.0 Å². The molecule has 0 aliphatic carbocycles. The minimum atomic E-state index is -0.285. The number of nitrogens with one attached hydrogen (secondary N) is 2. The second-order valence-electron chi connectivity index (χ2n) is 5.39. The van der Waals surface area contributed by atoms with E-state index in [1.807, 2.05) is 30.8 Å². The van der Waals surface area contributed by atoms with Crippen LogP contribution in [-0.4, -0.2) is 30.8 Å². The summed E-state index contributed by atoms with van der Waals surface area (Å²) < 4.78 is 1.86. The summed E-state index contributed by atoms with van der Waals surface area (Å²) in [6.07, 6.45) is 3.35. The first kappa shape index (κ1) is 17.0. The summed E-state index contributed by atoms with van der Waals surface area (Å²) in [4.78, 5) is 24.9. The molecular formula is C16H19N7OS. The number of anilines is 1. The summed E-state index contributed by atoms with van der Waals surface area (Å²) in [6.45, 7) is 6.92. The van der Waals surface area contributed by atoms with E-state index in [2.05, 4.69) is 30.7 Å². The van der Waals surface area contributed by atoms with E-state index in [1.54, 1.807) is 18.5 Å². The van der Waals surface area contributed by atoms with Gasteiger partial charge in [-0.25, -0.2) is 19.7 Å². The summed E-state index contributed by atoms with van der Waals surface area (Å²) in [6, 6.07) is 1.47. The summed E-state index contributed by atoms with van der Waals surface area (Å²) in [5, 5.41) is 12.7. The highest BCUT2D eigenvalue weighted by Crippen LogP contribution is 2.20. The summed E-state index contributed by atoms with van der Waals surface area (Å²) >= 11 is 1.45. The number of urea groups is 1. The lowest BCUT2D eigenvalue weighted by Gasteiger charge is -2.07. The molecule has 3 rings (SSSR count). The average molecular weight is 357 g/mol. The Morgan fingerprint density at radius 3 is 2.72 bits per heavy atom. The highest BCUT2D eigenvalue weighted by Gasteiger charge is 2.14. The largest absolute Gasteiger partial charge is 0.332 e. The van der Waals surface area contributed by atoms with Gasteiger partial charge in [-0.1, -0.05) is 0 Å². The average Bonchev–Trinajstić information content (AvgIpc) is 3.21. The zero-order valence-electron chi connectivity index (χ0n) is 14.3. The highest BCUT2D eigenvalue weighted by molar-refractivity contribution is 7.13. The van der Waals surface area contributed by atoms with Crippen molar-refractivity contribution in [3.05, 3.63) is 40.9 Å². The molecule has 3 aromatic rings. The van der Waals surface area contributed by atoms with Crippen LogP contribution >= 0.6 is 11.3 Å². The number of nitrogens with zero attached hydrogens (tertiary/aromatic N) is 5. The first-order valence-electron chi connectivity index (χ1n) is 7.89. The van der Waals surface area contributed by atoms with Gasteiger partial charge in [-0.2, -0.15) is 5.10 Å². The zero-order valence-corrected chi connectivity index (χ0v) is 15.1. The molecular weight excluding hydrogens is 338 g/mol. The van der Waals surface area contributed by atoms with Gasteiger partial charge in [-0.05, 0) is 26.8 Å². The summed E-state index contributed by atoms with van der Waals surface area (Å²) in [5.74, 6) is 0.585. The lowest BCUT2D eigenvalue weighted by Crippen LogP contribution is -2.28. The molecule has 3 aromatic heterocycles. The number of hydrogen-bond acceptors (Lipinski definition) is 6. The van der Waals surface area contributed by atoms with Gasteiger partial charge in [0.2, 0.25) is 0 Å². The number of amides is 2. The van der Waals surface area contributed by atoms with Gasteiger partial charge in [0.25, 0.3) is 0 Å². The van der Waals surface area contributed by atoms with Crippen LogP contribution in [0.2, 0.25) is 0 Å². The van der Waals surface area contributed by atoms with Crippen molar-refractivity contribution in [1.29, 1.82) is 0 Å². The van der Waals surface area contributed by atoms with Gasteiger partial charge in [-0.15, -0.1) is 11.3 Å². The summed E-state index contributed by atoms with van der Waals surface area (Å²) in [5.41, 5.74) is 3.25. The van der Waals surface area contributed by atoms with Gasteiger partial charge in [0.15, 0.2) is 10.8 Å². The van der Waals surface area contributed by atoms with Crippen molar-refractivity contribution in [2.45, 2.75) is 33.9 Å². The third-order valence-corrected chi connectivity index (χ3v) is 4.55. The lowest BCUT2D eigenvalue weighted by molar-refractivity contribution is 0.251. The van der Waals surface area contributed by atoms with E-state index in [1.165, 1.54) is 11.3 Å². The molecule has 0 atom stereocenters. The lowest BCUT2D eigenvalue weighted by atomic mass is 10.3. The minimum absolute atomic E-state index is 0.285. The molecule has 0 spiro atoms. The van der Waals surface area contributed by atoms with Gasteiger partial charge in [0.1, 0.15) is 0 Å².